The van der Waals surface area contributed by atoms with Crippen LogP contribution in [0.25, 0.3) is 5.57 Å². The van der Waals surface area contributed by atoms with Crippen LogP contribution in [0.1, 0.15) is 48.6 Å². The average molecular weight is 332 g/mol. The maximum Gasteiger partial charge on any atom is 0.0632 e. The molecule has 0 unspecified atom stereocenters. The lowest BCUT2D eigenvalue weighted by Crippen LogP contribution is -2.42. The minimum atomic E-state index is 0.0402. The average Bonchev–Trinajstić information content (AvgIpc) is 2.54. The molecule has 0 spiro atoms. The molecule has 130 valence electrons. The molecule has 0 aromatic heterocycles. The Morgan fingerprint density at radius 2 is 1.64 bits per heavy atom. The third-order valence-corrected chi connectivity index (χ3v) is 5.45. The zero-order valence-corrected chi connectivity index (χ0v) is 16.4. The Hall–Kier alpha value is -2.35. The number of hydrogen-bond donors (Lipinski definition) is 0. The Morgan fingerprint density at radius 3 is 2.32 bits per heavy atom. The molecule has 0 radical (unpaired) electrons. The van der Waals surface area contributed by atoms with Gasteiger partial charge in [-0.2, -0.15) is 0 Å². The summed E-state index contributed by atoms with van der Waals surface area (Å²) in [4.78, 5) is 7.06. The highest BCUT2D eigenvalue weighted by Gasteiger charge is 2.28. The van der Waals surface area contributed by atoms with Gasteiger partial charge in [0.1, 0.15) is 0 Å². The fraction of sp³-hybridized carbons (Fsp3) is 0.348. The highest BCUT2D eigenvalue weighted by Crippen LogP contribution is 2.39. The van der Waals surface area contributed by atoms with E-state index in [9.17, 15) is 0 Å². The van der Waals surface area contributed by atoms with Crippen LogP contribution in [-0.2, 0) is 0 Å². The van der Waals surface area contributed by atoms with Gasteiger partial charge >= 0.3 is 0 Å². The van der Waals surface area contributed by atoms with Crippen molar-refractivity contribution in [3.05, 3.63) is 64.2 Å². The highest BCUT2D eigenvalue weighted by atomic mass is 15.2. The summed E-state index contributed by atoms with van der Waals surface area (Å²) >= 11 is 0. The van der Waals surface area contributed by atoms with E-state index in [0.29, 0.717) is 0 Å². The molecule has 0 saturated heterocycles. The first kappa shape index (κ1) is 17.5. The first-order chi connectivity index (χ1) is 11.7. The molecule has 0 N–H and O–H groups in total. The van der Waals surface area contributed by atoms with Gasteiger partial charge in [0.05, 0.1) is 11.2 Å². The number of fused-ring (bicyclic) bond motifs is 1. The number of hydrogen-bond acceptors (Lipinski definition) is 2. The highest BCUT2D eigenvalue weighted by molar-refractivity contribution is 5.90. The second kappa shape index (κ2) is 6.18. The Morgan fingerprint density at radius 1 is 0.920 bits per heavy atom. The maximum atomic E-state index is 4.70. The van der Waals surface area contributed by atoms with Crippen LogP contribution in [0.15, 0.2) is 41.4 Å². The number of anilines is 1. The third-order valence-electron chi connectivity index (χ3n) is 5.45. The molecule has 0 aliphatic carbocycles. The van der Waals surface area contributed by atoms with Gasteiger partial charge in [-0.1, -0.05) is 12.1 Å². The zero-order chi connectivity index (χ0) is 18.4. The summed E-state index contributed by atoms with van der Waals surface area (Å²) in [5, 5.41) is 0. The summed E-state index contributed by atoms with van der Waals surface area (Å²) in [5.74, 6) is 0. The lowest BCUT2D eigenvalue weighted by atomic mass is 9.87. The Bertz CT molecular complexity index is 885. The van der Waals surface area contributed by atoms with Crippen molar-refractivity contribution in [2.24, 2.45) is 4.99 Å². The molecule has 0 bridgehead atoms. The molecule has 1 heterocycles. The van der Waals surface area contributed by atoms with E-state index in [1.165, 1.54) is 39.1 Å². The van der Waals surface area contributed by atoms with E-state index in [-0.39, 0.29) is 5.54 Å². The van der Waals surface area contributed by atoms with Crippen molar-refractivity contribution in [3.8, 4) is 0 Å². The molecule has 2 aromatic carbocycles. The lowest BCUT2D eigenvalue weighted by Gasteiger charge is -2.41. The molecule has 3 rings (SSSR count). The van der Waals surface area contributed by atoms with Crippen LogP contribution in [0.2, 0.25) is 0 Å². The van der Waals surface area contributed by atoms with Crippen molar-refractivity contribution in [1.29, 1.82) is 0 Å². The van der Waals surface area contributed by atoms with E-state index in [1.54, 1.807) is 0 Å². The predicted molar refractivity (Wildman–Crippen MR) is 110 cm³/mol. The Labute approximate surface area is 151 Å². The minimum absolute atomic E-state index is 0.0402. The Balaban J connectivity index is 2.01. The number of nitrogens with zero attached hydrogens (tertiary/aromatic N) is 2. The number of likely N-dealkylation sites (N-methyl/N-ethyl adjacent to an activating group) is 1. The summed E-state index contributed by atoms with van der Waals surface area (Å²) in [6.45, 7) is 13.1. The standard InChI is InChI=1S/C23H28N2/c1-15-8-9-20(10-16(15)2)24-14-19-12-21-18(4)13-23(5,6)25(7)22(21)11-17(19)3/h8-14H,1-7H3. The molecule has 0 atom stereocenters. The molecule has 1 aliphatic rings. The monoisotopic (exact) mass is 332 g/mol. The SMILES string of the molecule is CC1=CC(C)(C)N(C)c2cc(C)c(C=Nc3ccc(C)c(C)c3)cc21. The van der Waals surface area contributed by atoms with Gasteiger partial charge in [0.25, 0.3) is 0 Å². The van der Waals surface area contributed by atoms with E-state index in [4.69, 9.17) is 4.99 Å². The van der Waals surface area contributed by atoms with Crippen LogP contribution >= 0.6 is 0 Å². The fourth-order valence-corrected chi connectivity index (χ4v) is 3.41. The van der Waals surface area contributed by atoms with Gasteiger partial charge in [-0.25, -0.2) is 0 Å². The molecule has 0 fully saturated rings. The van der Waals surface area contributed by atoms with Crippen molar-refractivity contribution in [3.63, 3.8) is 0 Å². The molecule has 2 heteroatoms. The van der Waals surface area contributed by atoms with Crippen LogP contribution in [0, 0.1) is 20.8 Å². The van der Waals surface area contributed by atoms with E-state index >= 15 is 0 Å². The maximum absolute atomic E-state index is 4.70. The molecule has 2 aromatic rings. The summed E-state index contributed by atoms with van der Waals surface area (Å²) in [5.41, 5.74) is 9.99. The van der Waals surface area contributed by atoms with Crippen molar-refractivity contribution in [2.45, 2.75) is 47.1 Å². The van der Waals surface area contributed by atoms with Crippen LogP contribution in [0.4, 0.5) is 11.4 Å². The number of allylic oxidation sites excluding steroid dienone is 1. The number of aryl methyl sites for hydroxylation is 3. The quantitative estimate of drug-likeness (QED) is 0.616. The van der Waals surface area contributed by atoms with Crippen molar-refractivity contribution in [2.75, 3.05) is 11.9 Å². The van der Waals surface area contributed by atoms with Gasteiger partial charge in [0, 0.05) is 24.5 Å². The summed E-state index contributed by atoms with van der Waals surface area (Å²) in [6.07, 6.45) is 4.33. The smallest absolute Gasteiger partial charge is 0.0632 e. The molecule has 0 amide bonds. The third kappa shape index (κ3) is 3.26. The van der Waals surface area contributed by atoms with Gasteiger partial charge in [-0.3, -0.25) is 4.99 Å². The topological polar surface area (TPSA) is 15.6 Å². The van der Waals surface area contributed by atoms with Crippen molar-refractivity contribution in [1.82, 2.24) is 0 Å². The number of benzene rings is 2. The van der Waals surface area contributed by atoms with Gasteiger partial charge in [0.15, 0.2) is 0 Å². The minimum Gasteiger partial charge on any atom is -0.365 e. The second-order valence-corrected chi connectivity index (χ2v) is 7.79. The van der Waals surface area contributed by atoms with Crippen LogP contribution in [-0.4, -0.2) is 18.8 Å². The zero-order valence-electron chi connectivity index (χ0n) is 16.4. The fourth-order valence-electron chi connectivity index (χ4n) is 3.41. The van der Waals surface area contributed by atoms with Crippen LogP contribution < -0.4 is 4.90 Å². The summed E-state index contributed by atoms with van der Waals surface area (Å²) in [7, 11) is 2.17. The largest absolute Gasteiger partial charge is 0.365 e. The molecular weight excluding hydrogens is 304 g/mol. The second-order valence-electron chi connectivity index (χ2n) is 7.79. The first-order valence-corrected chi connectivity index (χ1v) is 8.88. The van der Waals surface area contributed by atoms with Crippen molar-refractivity contribution >= 4 is 23.2 Å². The number of rotatable bonds is 2. The van der Waals surface area contributed by atoms with E-state index in [1.807, 2.05) is 6.21 Å². The van der Waals surface area contributed by atoms with E-state index in [0.717, 1.165) is 5.69 Å². The molecular formula is C23H28N2. The normalized spacial score (nSPS) is 16.1. The summed E-state index contributed by atoms with van der Waals surface area (Å²) in [6, 6.07) is 10.9. The van der Waals surface area contributed by atoms with Gasteiger partial charge in [0.2, 0.25) is 0 Å². The molecule has 25 heavy (non-hydrogen) atoms. The van der Waals surface area contributed by atoms with Crippen LogP contribution in [0.3, 0.4) is 0 Å². The first-order valence-electron chi connectivity index (χ1n) is 8.88. The van der Waals surface area contributed by atoms with Crippen LogP contribution in [0.5, 0.6) is 0 Å². The van der Waals surface area contributed by atoms with Gasteiger partial charge < -0.3 is 4.90 Å². The number of aliphatic imine (C=N–C) groups is 1. The summed E-state index contributed by atoms with van der Waals surface area (Å²) < 4.78 is 0. The van der Waals surface area contributed by atoms with E-state index < -0.39 is 0 Å². The Kier molecular flexibility index (Phi) is 4.32. The lowest BCUT2D eigenvalue weighted by molar-refractivity contribution is 0.597. The molecule has 1 aliphatic heterocycles. The van der Waals surface area contributed by atoms with Gasteiger partial charge in [-0.05, 0) is 93.6 Å². The van der Waals surface area contributed by atoms with Gasteiger partial charge in [-0.15, -0.1) is 0 Å². The van der Waals surface area contributed by atoms with Crippen molar-refractivity contribution < 1.29 is 0 Å². The molecule has 0 saturated carbocycles. The predicted octanol–water partition coefficient (Wildman–Crippen LogP) is 5.99. The van der Waals surface area contributed by atoms with E-state index in [2.05, 4.69) is 89.9 Å². The molecule has 2 nitrogen and oxygen atoms in total.